The van der Waals surface area contributed by atoms with Crippen molar-refractivity contribution in [2.24, 2.45) is 0 Å². The Labute approximate surface area is 142 Å². The topological polar surface area (TPSA) is 54.5 Å². The number of sulfone groups is 1. The highest BCUT2D eigenvalue weighted by atomic mass is 35.5. The van der Waals surface area contributed by atoms with E-state index in [1.54, 1.807) is 24.1 Å². The highest BCUT2D eigenvalue weighted by Gasteiger charge is 2.38. The summed E-state index contributed by atoms with van der Waals surface area (Å²) in [5.74, 6) is -0.101. The largest absolute Gasteiger partial charge is 0.337 e. The predicted octanol–water partition coefficient (Wildman–Crippen LogP) is 3.52. The van der Waals surface area contributed by atoms with Crippen LogP contribution in [0, 0.1) is 0 Å². The summed E-state index contributed by atoms with van der Waals surface area (Å²) < 4.78 is 24.6. The molecule has 1 unspecified atom stereocenters. The van der Waals surface area contributed by atoms with Gasteiger partial charge in [0.1, 0.15) is 0 Å². The Hall–Kier alpha value is -1.33. The van der Waals surface area contributed by atoms with Crippen LogP contribution in [0.3, 0.4) is 0 Å². The monoisotopic (exact) mass is 353 g/mol. The van der Waals surface area contributed by atoms with E-state index in [2.05, 4.69) is 6.08 Å². The van der Waals surface area contributed by atoms with Crippen LogP contribution in [0.4, 0.5) is 0 Å². The van der Waals surface area contributed by atoms with Gasteiger partial charge in [0, 0.05) is 18.5 Å². The van der Waals surface area contributed by atoms with Crippen LogP contribution >= 0.6 is 11.6 Å². The highest BCUT2D eigenvalue weighted by Crippen LogP contribution is 2.38. The van der Waals surface area contributed by atoms with Crippen LogP contribution in [0.2, 0.25) is 5.02 Å². The van der Waals surface area contributed by atoms with Gasteiger partial charge in [-0.05, 0) is 49.4 Å². The SMILES string of the molecule is CN(C(=O)CC1=CCCCC1)C1CS(=O)(=O)c2ccc(Cl)cc21. The van der Waals surface area contributed by atoms with Gasteiger partial charge in [-0.3, -0.25) is 4.79 Å². The van der Waals surface area contributed by atoms with Crippen LogP contribution in [0.15, 0.2) is 34.7 Å². The van der Waals surface area contributed by atoms with Crippen molar-refractivity contribution in [2.75, 3.05) is 12.8 Å². The maximum absolute atomic E-state index is 12.6. The smallest absolute Gasteiger partial charge is 0.226 e. The third-order valence-corrected chi connectivity index (χ3v) is 6.70. The Morgan fingerprint density at radius 1 is 1.35 bits per heavy atom. The normalized spacial score (nSPS) is 22.3. The Morgan fingerprint density at radius 2 is 2.13 bits per heavy atom. The third-order valence-electron chi connectivity index (χ3n) is 4.67. The molecular formula is C17H20ClNO3S. The zero-order chi connectivity index (χ0) is 16.6. The Kier molecular flexibility index (Phi) is 4.52. The van der Waals surface area contributed by atoms with E-state index in [9.17, 15) is 13.2 Å². The summed E-state index contributed by atoms with van der Waals surface area (Å²) in [7, 11) is -1.67. The molecule has 3 rings (SSSR count). The van der Waals surface area contributed by atoms with Gasteiger partial charge in [-0.2, -0.15) is 0 Å². The molecule has 0 saturated carbocycles. The lowest BCUT2D eigenvalue weighted by atomic mass is 9.96. The summed E-state index contributed by atoms with van der Waals surface area (Å²) in [6, 6.07) is 4.32. The van der Waals surface area contributed by atoms with Gasteiger partial charge < -0.3 is 4.90 Å². The molecule has 1 aromatic carbocycles. The molecule has 6 heteroatoms. The number of fused-ring (bicyclic) bond motifs is 1. The number of nitrogens with zero attached hydrogens (tertiary/aromatic N) is 1. The van der Waals surface area contributed by atoms with Gasteiger partial charge in [0.05, 0.1) is 16.7 Å². The molecule has 0 aromatic heterocycles. The van der Waals surface area contributed by atoms with Gasteiger partial charge in [-0.1, -0.05) is 23.3 Å². The first-order valence-corrected chi connectivity index (χ1v) is 9.87. The van der Waals surface area contributed by atoms with Crippen molar-refractivity contribution in [1.29, 1.82) is 0 Å². The number of hydrogen-bond acceptors (Lipinski definition) is 3. The van der Waals surface area contributed by atoms with Crippen molar-refractivity contribution in [3.8, 4) is 0 Å². The van der Waals surface area contributed by atoms with E-state index in [1.807, 2.05) is 0 Å². The number of allylic oxidation sites excluding steroid dienone is 1. The van der Waals surface area contributed by atoms with E-state index in [4.69, 9.17) is 11.6 Å². The lowest BCUT2D eigenvalue weighted by Gasteiger charge is -2.25. The predicted molar refractivity (Wildman–Crippen MR) is 90.2 cm³/mol. The minimum absolute atomic E-state index is 0.0359. The van der Waals surface area contributed by atoms with Gasteiger partial charge >= 0.3 is 0 Å². The summed E-state index contributed by atoms with van der Waals surface area (Å²) >= 11 is 6.01. The zero-order valence-electron chi connectivity index (χ0n) is 13.1. The standard InChI is InChI=1S/C17H20ClNO3S/c1-19(17(20)9-12-5-3-2-4-6-12)15-11-23(21,22)16-8-7-13(18)10-14(15)16/h5,7-8,10,15H,2-4,6,9,11H2,1H3. The van der Waals surface area contributed by atoms with Crippen LogP contribution in [0.1, 0.15) is 43.7 Å². The Morgan fingerprint density at radius 3 is 2.83 bits per heavy atom. The molecule has 0 saturated heterocycles. The average Bonchev–Trinajstić information content (AvgIpc) is 2.78. The molecule has 0 fully saturated rings. The van der Waals surface area contributed by atoms with Crippen molar-refractivity contribution in [3.05, 3.63) is 40.4 Å². The summed E-state index contributed by atoms with van der Waals surface area (Å²) in [4.78, 5) is 14.4. The summed E-state index contributed by atoms with van der Waals surface area (Å²) in [5, 5.41) is 0.488. The maximum atomic E-state index is 12.6. The maximum Gasteiger partial charge on any atom is 0.226 e. The molecule has 2 aliphatic rings. The van der Waals surface area contributed by atoms with E-state index < -0.39 is 15.9 Å². The van der Waals surface area contributed by atoms with Gasteiger partial charge in [-0.25, -0.2) is 8.42 Å². The number of hydrogen-bond donors (Lipinski definition) is 0. The first kappa shape index (κ1) is 16.5. The second-order valence-electron chi connectivity index (χ2n) is 6.27. The molecule has 4 nitrogen and oxygen atoms in total. The molecule has 1 amide bonds. The van der Waals surface area contributed by atoms with Gasteiger partial charge in [0.15, 0.2) is 9.84 Å². The molecule has 1 aliphatic carbocycles. The molecule has 0 radical (unpaired) electrons. The zero-order valence-corrected chi connectivity index (χ0v) is 14.7. The van der Waals surface area contributed by atoms with Crippen molar-refractivity contribution < 1.29 is 13.2 Å². The number of rotatable bonds is 3. The highest BCUT2D eigenvalue weighted by molar-refractivity contribution is 7.91. The third kappa shape index (κ3) is 3.31. The van der Waals surface area contributed by atoms with Gasteiger partial charge in [0.25, 0.3) is 0 Å². The Balaban J connectivity index is 1.83. The van der Waals surface area contributed by atoms with Crippen molar-refractivity contribution in [1.82, 2.24) is 4.90 Å². The fourth-order valence-electron chi connectivity index (χ4n) is 3.33. The lowest BCUT2D eigenvalue weighted by Crippen LogP contribution is -2.32. The van der Waals surface area contributed by atoms with E-state index in [-0.39, 0.29) is 11.7 Å². The first-order chi connectivity index (χ1) is 10.9. The van der Waals surface area contributed by atoms with Crippen LogP contribution in [0.5, 0.6) is 0 Å². The number of carbonyl (C=O) groups is 1. The van der Waals surface area contributed by atoms with Crippen LogP contribution in [0.25, 0.3) is 0 Å². The van der Waals surface area contributed by atoms with Crippen LogP contribution < -0.4 is 0 Å². The second-order valence-corrected chi connectivity index (χ2v) is 8.71. The minimum atomic E-state index is -3.35. The number of benzene rings is 1. The first-order valence-electron chi connectivity index (χ1n) is 7.84. The van der Waals surface area contributed by atoms with Crippen molar-refractivity contribution in [2.45, 2.75) is 43.0 Å². The molecular weight excluding hydrogens is 334 g/mol. The van der Waals surface area contributed by atoms with Gasteiger partial charge in [0.2, 0.25) is 5.91 Å². The van der Waals surface area contributed by atoms with Crippen LogP contribution in [-0.2, 0) is 14.6 Å². The summed E-state index contributed by atoms with van der Waals surface area (Å²) in [6.45, 7) is 0. The van der Waals surface area contributed by atoms with Crippen molar-refractivity contribution >= 4 is 27.3 Å². The molecule has 1 aliphatic heterocycles. The Bertz CT molecular complexity index is 770. The fourth-order valence-corrected chi connectivity index (χ4v) is 5.34. The average molecular weight is 354 g/mol. The molecule has 23 heavy (non-hydrogen) atoms. The summed E-state index contributed by atoms with van der Waals surface area (Å²) in [5.41, 5.74) is 1.80. The quantitative estimate of drug-likeness (QED) is 0.781. The van der Waals surface area contributed by atoms with Crippen molar-refractivity contribution in [3.63, 3.8) is 0 Å². The molecule has 1 aromatic rings. The van der Waals surface area contributed by atoms with E-state index >= 15 is 0 Å². The fraction of sp³-hybridized carbons (Fsp3) is 0.471. The summed E-state index contributed by atoms with van der Waals surface area (Å²) in [6.07, 6.45) is 6.82. The molecule has 0 N–H and O–H groups in total. The van der Waals surface area contributed by atoms with E-state index in [1.165, 1.54) is 18.1 Å². The van der Waals surface area contributed by atoms with E-state index in [0.717, 1.165) is 19.3 Å². The van der Waals surface area contributed by atoms with Crippen LogP contribution in [-0.4, -0.2) is 32.0 Å². The number of halogens is 1. The van der Waals surface area contributed by atoms with Gasteiger partial charge in [-0.15, -0.1) is 0 Å². The molecule has 0 bridgehead atoms. The molecule has 0 spiro atoms. The lowest BCUT2D eigenvalue weighted by molar-refractivity contribution is -0.131. The minimum Gasteiger partial charge on any atom is -0.337 e. The number of amides is 1. The molecule has 124 valence electrons. The second kappa shape index (κ2) is 6.29. The molecule has 1 atom stereocenters. The molecule has 1 heterocycles. The van der Waals surface area contributed by atoms with E-state index in [0.29, 0.717) is 21.9 Å². The number of carbonyl (C=O) groups excluding carboxylic acids is 1.